The summed E-state index contributed by atoms with van der Waals surface area (Å²) < 4.78 is 5.27. The summed E-state index contributed by atoms with van der Waals surface area (Å²) in [6, 6.07) is 8.20. The van der Waals surface area contributed by atoms with Crippen LogP contribution in [0.15, 0.2) is 29.6 Å². The van der Waals surface area contributed by atoms with E-state index in [1.54, 1.807) is 12.0 Å². The topological polar surface area (TPSA) is 38.5 Å². The molecule has 0 radical (unpaired) electrons. The number of methoxy groups -OCH3 is 1. The second-order valence-electron chi connectivity index (χ2n) is 4.94. The summed E-state index contributed by atoms with van der Waals surface area (Å²) in [6.07, 6.45) is 1.16. The van der Waals surface area contributed by atoms with Crippen LogP contribution in [-0.2, 0) is 19.5 Å². The normalized spacial score (nSPS) is 15.2. The van der Waals surface area contributed by atoms with Crippen molar-refractivity contribution in [2.24, 2.45) is 0 Å². The van der Waals surface area contributed by atoms with E-state index in [1.165, 1.54) is 11.1 Å². The standard InChI is InChI=1S/C15H18N2OS/c1-18-14-7-11(6-13(16)8-14)9-17-4-2-15-12(10-17)3-5-19-15/h3,5-8H,2,4,9-10,16H2,1H3. The van der Waals surface area contributed by atoms with E-state index in [9.17, 15) is 0 Å². The first-order valence-electron chi connectivity index (χ1n) is 6.45. The van der Waals surface area contributed by atoms with Crippen molar-refractivity contribution in [1.82, 2.24) is 4.90 Å². The fourth-order valence-electron chi connectivity index (χ4n) is 2.60. The molecule has 3 rings (SSSR count). The molecular formula is C15H18N2OS. The number of rotatable bonds is 3. The van der Waals surface area contributed by atoms with Gasteiger partial charge in [0.2, 0.25) is 0 Å². The number of nitrogen functional groups attached to an aromatic ring is 1. The second kappa shape index (κ2) is 5.23. The van der Waals surface area contributed by atoms with E-state index in [0.717, 1.165) is 37.5 Å². The van der Waals surface area contributed by atoms with E-state index in [-0.39, 0.29) is 0 Å². The van der Waals surface area contributed by atoms with Gasteiger partial charge >= 0.3 is 0 Å². The lowest BCUT2D eigenvalue weighted by molar-refractivity contribution is 0.247. The molecule has 0 saturated carbocycles. The maximum absolute atomic E-state index is 5.90. The average Bonchev–Trinajstić information content (AvgIpc) is 2.85. The lowest BCUT2D eigenvalue weighted by atomic mass is 10.1. The predicted molar refractivity (Wildman–Crippen MR) is 79.5 cm³/mol. The molecular weight excluding hydrogens is 256 g/mol. The maximum Gasteiger partial charge on any atom is 0.121 e. The smallest absolute Gasteiger partial charge is 0.121 e. The molecule has 2 heterocycles. The minimum atomic E-state index is 0.766. The number of hydrogen-bond acceptors (Lipinski definition) is 4. The van der Waals surface area contributed by atoms with Gasteiger partial charge in [-0.15, -0.1) is 11.3 Å². The van der Waals surface area contributed by atoms with Crippen molar-refractivity contribution in [2.45, 2.75) is 19.5 Å². The first-order valence-corrected chi connectivity index (χ1v) is 7.33. The fraction of sp³-hybridized carbons (Fsp3) is 0.333. The van der Waals surface area contributed by atoms with Gasteiger partial charge in [0.1, 0.15) is 5.75 Å². The van der Waals surface area contributed by atoms with Crippen LogP contribution in [0, 0.1) is 0 Å². The van der Waals surface area contributed by atoms with E-state index in [2.05, 4.69) is 22.4 Å². The molecule has 19 heavy (non-hydrogen) atoms. The zero-order valence-corrected chi connectivity index (χ0v) is 11.9. The Morgan fingerprint density at radius 2 is 2.26 bits per heavy atom. The van der Waals surface area contributed by atoms with Crippen molar-refractivity contribution < 1.29 is 4.74 Å². The van der Waals surface area contributed by atoms with Gasteiger partial charge in [-0.3, -0.25) is 4.90 Å². The first-order chi connectivity index (χ1) is 9.24. The molecule has 0 atom stereocenters. The number of nitrogens with two attached hydrogens (primary N) is 1. The van der Waals surface area contributed by atoms with E-state index < -0.39 is 0 Å². The number of hydrogen-bond donors (Lipinski definition) is 1. The highest BCUT2D eigenvalue weighted by atomic mass is 32.1. The molecule has 2 aromatic rings. The SMILES string of the molecule is COc1cc(N)cc(CN2CCc3sccc3C2)c1. The number of thiophene rings is 1. The molecule has 0 bridgehead atoms. The van der Waals surface area contributed by atoms with Gasteiger partial charge in [-0.25, -0.2) is 0 Å². The van der Waals surface area contributed by atoms with Crippen LogP contribution in [-0.4, -0.2) is 18.6 Å². The zero-order valence-electron chi connectivity index (χ0n) is 11.1. The summed E-state index contributed by atoms with van der Waals surface area (Å²) in [6.45, 7) is 3.08. The van der Waals surface area contributed by atoms with Crippen LogP contribution < -0.4 is 10.5 Å². The van der Waals surface area contributed by atoms with Crippen LogP contribution in [0.25, 0.3) is 0 Å². The first kappa shape index (κ1) is 12.5. The van der Waals surface area contributed by atoms with E-state index in [1.807, 2.05) is 23.5 Å². The van der Waals surface area contributed by atoms with Crippen molar-refractivity contribution in [3.63, 3.8) is 0 Å². The summed E-state index contributed by atoms with van der Waals surface area (Å²) in [4.78, 5) is 4.00. The molecule has 2 N–H and O–H groups in total. The highest BCUT2D eigenvalue weighted by Crippen LogP contribution is 2.26. The number of fused-ring (bicyclic) bond motifs is 1. The van der Waals surface area contributed by atoms with Crippen molar-refractivity contribution in [1.29, 1.82) is 0 Å². The lowest BCUT2D eigenvalue weighted by Gasteiger charge is -2.27. The Kier molecular flexibility index (Phi) is 3.44. The Balaban J connectivity index is 1.74. The third-order valence-electron chi connectivity index (χ3n) is 3.52. The molecule has 0 amide bonds. The Labute approximate surface area is 117 Å². The molecule has 1 aromatic carbocycles. The van der Waals surface area contributed by atoms with Gasteiger partial charge in [-0.05, 0) is 41.1 Å². The van der Waals surface area contributed by atoms with Gasteiger partial charge in [0.25, 0.3) is 0 Å². The molecule has 0 aliphatic carbocycles. The van der Waals surface area contributed by atoms with Gasteiger partial charge in [0.05, 0.1) is 7.11 Å². The highest BCUT2D eigenvalue weighted by Gasteiger charge is 2.17. The summed E-state index contributed by atoms with van der Waals surface area (Å²) in [7, 11) is 1.68. The molecule has 1 aliphatic rings. The summed E-state index contributed by atoms with van der Waals surface area (Å²) in [5.74, 6) is 0.836. The average molecular weight is 274 g/mol. The van der Waals surface area contributed by atoms with E-state index in [4.69, 9.17) is 10.5 Å². The molecule has 0 saturated heterocycles. The van der Waals surface area contributed by atoms with Gasteiger partial charge in [0, 0.05) is 36.3 Å². The molecule has 0 spiro atoms. The van der Waals surface area contributed by atoms with Gasteiger partial charge in [-0.1, -0.05) is 0 Å². The molecule has 4 heteroatoms. The Morgan fingerprint density at radius 3 is 3.11 bits per heavy atom. The van der Waals surface area contributed by atoms with Crippen molar-refractivity contribution in [3.05, 3.63) is 45.6 Å². The zero-order chi connectivity index (χ0) is 13.2. The molecule has 0 unspecified atom stereocenters. The van der Waals surface area contributed by atoms with Gasteiger partial charge < -0.3 is 10.5 Å². The molecule has 1 aromatic heterocycles. The van der Waals surface area contributed by atoms with E-state index >= 15 is 0 Å². The number of anilines is 1. The number of ether oxygens (including phenoxy) is 1. The molecule has 100 valence electrons. The van der Waals surface area contributed by atoms with Crippen LogP contribution in [0.5, 0.6) is 5.75 Å². The Hall–Kier alpha value is -1.52. The quantitative estimate of drug-likeness (QED) is 0.875. The number of nitrogens with zero attached hydrogens (tertiary/aromatic N) is 1. The third kappa shape index (κ3) is 2.74. The third-order valence-corrected chi connectivity index (χ3v) is 4.54. The monoisotopic (exact) mass is 274 g/mol. The van der Waals surface area contributed by atoms with Crippen molar-refractivity contribution >= 4 is 17.0 Å². The Bertz CT molecular complexity index is 579. The predicted octanol–water partition coefficient (Wildman–Crippen LogP) is 2.90. The van der Waals surface area contributed by atoms with Crippen LogP contribution in [0.4, 0.5) is 5.69 Å². The minimum absolute atomic E-state index is 0.766. The Morgan fingerprint density at radius 1 is 1.37 bits per heavy atom. The van der Waals surface area contributed by atoms with Crippen molar-refractivity contribution in [2.75, 3.05) is 19.4 Å². The summed E-state index contributed by atoms with van der Waals surface area (Å²) in [5, 5.41) is 2.19. The molecule has 3 nitrogen and oxygen atoms in total. The lowest BCUT2D eigenvalue weighted by Crippen LogP contribution is -2.29. The summed E-state index contributed by atoms with van der Waals surface area (Å²) >= 11 is 1.88. The minimum Gasteiger partial charge on any atom is -0.497 e. The van der Waals surface area contributed by atoms with Crippen LogP contribution in [0.3, 0.4) is 0 Å². The van der Waals surface area contributed by atoms with Crippen molar-refractivity contribution in [3.8, 4) is 5.75 Å². The largest absolute Gasteiger partial charge is 0.497 e. The number of benzene rings is 1. The molecule has 1 aliphatic heterocycles. The fourth-order valence-corrected chi connectivity index (χ4v) is 3.48. The van der Waals surface area contributed by atoms with Gasteiger partial charge in [-0.2, -0.15) is 0 Å². The molecule has 0 fully saturated rings. The maximum atomic E-state index is 5.90. The second-order valence-corrected chi connectivity index (χ2v) is 5.94. The van der Waals surface area contributed by atoms with Crippen LogP contribution >= 0.6 is 11.3 Å². The van der Waals surface area contributed by atoms with Gasteiger partial charge in [0.15, 0.2) is 0 Å². The highest BCUT2D eigenvalue weighted by molar-refractivity contribution is 7.10. The van der Waals surface area contributed by atoms with E-state index in [0.29, 0.717) is 0 Å². The van der Waals surface area contributed by atoms with Crippen LogP contribution in [0.2, 0.25) is 0 Å². The summed E-state index contributed by atoms with van der Waals surface area (Å²) in [5.41, 5.74) is 9.37. The van der Waals surface area contributed by atoms with Crippen LogP contribution in [0.1, 0.15) is 16.0 Å².